The normalized spacial score (nSPS) is 10.9. The zero-order valence-corrected chi connectivity index (χ0v) is 9.71. The van der Waals surface area contributed by atoms with E-state index in [4.69, 9.17) is 0 Å². The molecule has 0 heterocycles. The van der Waals surface area contributed by atoms with Crippen molar-refractivity contribution in [1.82, 2.24) is 0 Å². The van der Waals surface area contributed by atoms with Crippen LogP contribution >= 0.6 is 15.9 Å². The molecule has 3 nitrogen and oxygen atoms in total. The molecule has 0 saturated carbocycles. The lowest BCUT2D eigenvalue weighted by atomic mass is 10.1. The first kappa shape index (κ1) is 12.8. The molecule has 0 radical (unpaired) electrons. The van der Waals surface area contributed by atoms with Gasteiger partial charge in [0.2, 0.25) is 11.6 Å². The molecule has 0 aliphatic rings. The van der Waals surface area contributed by atoms with Crippen LogP contribution in [0.2, 0.25) is 0 Å². The van der Waals surface area contributed by atoms with Crippen molar-refractivity contribution in [3.05, 3.63) is 45.5 Å². The largest absolute Gasteiger partial charge is 0.340 e. The molecule has 0 aliphatic heterocycles. The molecule has 0 atom stereocenters. The van der Waals surface area contributed by atoms with Gasteiger partial charge < -0.3 is 0 Å². The minimum absolute atomic E-state index is 0.265. The fraction of sp³-hybridized carbons (Fsp3) is 0.200. The van der Waals surface area contributed by atoms with Crippen LogP contribution in [-0.4, -0.2) is 10.3 Å². The maximum atomic E-state index is 13.1. The van der Waals surface area contributed by atoms with Crippen molar-refractivity contribution in [3.63, 3.8) is 0 Å². The minimum Gasteiger partial charge on any atom is -0.258 e. The van der Waals surface area contributed by atoms with Gasteiger partial charge in [0.25, 0.3) is 0 Å². The third-order valence-corrected chi connectivity index (χ3v) is 2.27. The van der Waals surface area contributed by atoms with Gasteiger partial charge in [0.1, 0.15) is 0 Å². The molecule has 0 bridgehead atoms. The average Bonchev–Trinajstić information content (AvgIpc) is 2.16. The number of benzene rings is 1. The lowest BCUT2D eigenvalue weighted by Gasteiger charge is -1.98. The van der Waals surface area contributed by atoms with E-state index in [1.54, 1.807) is 6.08 Å². The molecule has 16 heavy (non-hydrogen) atoms. The lowest BCUT2D eigenvalue weighted by Crippen LogP contribution is -1.97. The second kappa shape index (κ2) is 5.69. The van der Waals surface area contributed by atoms with Crippen LogP contribution in [0.15, 0.2) is 18.2 Å². The molecular formula is C10H8BrF2NO2. The number of allylic oxidation sites excluding steroid dienone is 1. The number of nitro groups is 1. The molecule has 1 rings (SSSR count). The zero-order valence-electron chi connectivity index (χ0n) is 8.12. The van der Waals surface area contributed by atoms with Crippen LogP contribution in [0.25, 0.3) is 6.08 Å². The molecule has 0 amide bonds. The van der Waals surface area contributed by atoms with Crippen molar-refractivity contribution < 1.29 is 13.7 Å². The third-order valence-electron chi connectivity index (χ3n) is 1.81. The number of halogens is 3. The highest BCUT2D eigenvalue weighted by Gasteiger charge is 2.21. The van der Waals surface area contributed by atoms with Gasteiger partial charge in [0.05, 0.1) is 4.92 Å². The van der Waals surface area contributed by atoms with E-state index < -0.39 is 22.2 Å². The van der Waals surface area contributed by atoms with Gasteiger partial charge in [-0.3, -0.25) is 10.1 Å². The van der Waals surface area contributed by atoms with E-state index in [2.05, 4.69) is 15.9 Å². The van der Waals surface area contributed by atoms with E-state index >= 15 is 0 Å². The van der Waals surface area contributed by atoms with E-state index in [1.165, 1.54) is 6.08 Å². The molecule has 0 spiro atoms. The smallest absolute Gasteiger partial charge is 0.258 e. The summed E-state index contributed by atoms with van der Waals surface area (Å²) in [7, 11) is 0. The summed E-state index contributed by atoms with van der Waals surface area (Å²) in [6, 6.07) is 1.87. The molecule has 0 saturated heterocycles. The van der Waals surface area contributed by atoms with E-state index in [1.807, 2.05) is 0 Å². The summed E-state index contributed by atoms with van der Waals surface area (Å²) >= 11 is 3.19. The van der Waals surface area contributed by atoms with Crippen molar-refractivity contribution in [1.29, 1.82) is 0 Å². The van der Waals surface area contributed by atoms with Gasteiger partial charge in [-0.25, -0.2) is 0 Å². The average molecular weight is 292 g/mol. The van der Waals surface area contributed by atoms with Crippen molar-refractivity contribution in [2.45, 2.75) is 6.42 Å². The Morgan fingerprint density at radius 2 is 1.94 bits per heavy atom. The SMILES string of the molecule is O=[N+]([O-])c1c(F)cc(C=CCCBr)cc1F. The Balaban J connectivity index is 3.05. The van der Waals surface area contributed by atoms with Gasteiger partial charge >= 0.3 is 5.69 Å². The summed E-state index contributed by atoms with van der Waals surface area (Å²) in [5.74, 6) is -2.33. The molecule has 1 aromatic carbocycles. The zero-order chi connectivity index (χ0) is 12.1. The summed E-state index contributed by atoms with van der Waals surface area (Å²) < 4.78 is 26.3. The maximum Gasteiger partial charge on any atom is 0.340 e. The van der Waals surface area contributed by atoms with E-state index in [0.29, 0.717) is 6.42 Å². The number of hydrogen-bond acceptors (Lipinski definition) is 2. The molecule has 86 valence electrons. The van der Waals surface area contributed by atoms with Gasteiger partial charge in [-0.15, -0.1) is 0 Å². The Morgan fingerprint density at radius 3 is 2.38 bits per heavy atom. The Kier molecular flexibility index (Phi) is 4.54. The van der Waals surface area contributed by atoms with Gasteiger partial charge in [-0.1, -0.05) is 28.1 Å². The first-order valence-electron chi connectivity index (χ1n) is 4.42. The molecule has 6 heteroatoms. The predicted octanol–water partition coefficient (Wildman–Crippen LogP) is 3.67. The van der Waals surface area contributed by atoms with Crippen LogP contribution in [-0.2, 0) is 0 Å². The Morgan fingerprint density at radius 1 is 1.38 bits per heavy atom. The fourth-order valence-electron chi connectivity index (χ4n) is 1.14. The quantitative estimate of drug-likeness (QED) is 0.483. The van der Waals surface area contributed by atoms with Crippen LogP contribution < -0.4 is 0 Å². The summed E-state index contributed by atoms with van der Waals surface area (Å²) in [5.41, 5.74) is -0.848. The lowest BCUT2D eigenvalue weighted by molar-refractivity contribution is -0.390. The van der Waals surface area contributed by atoms with E-state index in [-0.39, 0.29) is 5.56 Å². The van der Waals surface area contributed by atoms with E-state index in [0.717, 1.165) is 17.5 Å². The Labute approximate surface area is 99.1 Å². The Hall–Kier alpha value is -1.30. The van der Waals surface area contributed by atoms with Crippen molar-refractivity contribution in [3.8, 4) is 0 Å². The number of rotatable bonds is 4. The topological polar surface area (TPSA) is 43.1 Å². The molecule has 0 aliphatic carbocycles. The Bertz CT molecular complexity index is 412. The minimum atomic E-state index is -1.16. The van der Waals surface area contributed by atoms with Crippen LogP contribution in [0, 0.1) is 21.7 Å². The molecule has 0 unspecified atom stereocenters. The number of nitrogens with zero attached hydrogens (tertiary/aromatic N) is 1. The van der Waals surface area contributed by atoms with Crippen molar-refractivity contribution in [2.24, 2.45) is 0 Å². The van der Waals surface area contributed by atoms with Crippen molar-refractivity contribution in [2.75, 3.05) is 5.33 Å². The van der Waals surface area contributed by atoms with Gasteiger partial charge in [-0.2, -0.15) is 8.78 Å². The highest BCUT2D eigenvalue weighted by atomic mass is 79.9. The standard InChI is InChI=1S/C10H8BrF2NO2/c11-4-2-1-3-7-5-8(12)10(14(15)16)9(13)6-7/h1,3,5-6H,2,4H2. The number of nitro benzene ring substituents is 1. The molecule has 1 aromatic rings. The molecular weight excluding hydrogens is 284 g/mol. The second-order valence-corrected chi connectivity index (χ2v) is 3.76. The van der Waals surface area contributed by atoms with E-state index in [9.17, 15) is 18.9 Å². The predicted molar refractivity (Wildman–Crippen MR) is 60.5 cm³/mol. The highest BCUT2D eigenvalue weighted by molar-refractivity contribution is 9.09. The number of hydrogen-bond donors (Lipinski definition) is 0. The van der Waals surface area contributed by atoms with Gasteiger partial charge in [0.15, 0.2) is 0 Å². The summed E-state index contributed by atoms with van der Waals surface area (Å²) in [6.45, 7) is 0. The van der Waals surface area contributed by atoms with Crippen LogP contribution in [0.4, 0.5) is 14.5 Å². The summed E-state index contributed by atoms with van der Waals surface area (Å²) in [6.07, 6.45) is 3.94. The van der Waals surface area contributed by atoms with Crippen LogP contribution in [0.5, 0.6) is 0 Å². The maximum absolute atomic E-state index is 13.1. The first-order valence-corrected chi connectivity index (χ1v) is 5.54. The fourth-order valence-corrected chi connectivity index (χ4v) is 1.40. The number of alkyl halides is 1. The highest BCUT2D eigenvalue weighted by Crippen LogP contribution is 2.23. The molecule has 0 fully saturated rings. The summed E-state index contributed by atoms with van der Waals surface area (Å²) in [5, 5.41) is 11.1. The third kappa shape index (κ3) is 3.10. The second-order valence-electron chi connectivity index (χ2n) is 2.97. The van der Waals surface area contributed by atoms with Crippen LogP contribution in [0.3, 0.4) is 0 Å². The monoisotopic (exact) mass is 291 g/mol. The van der Waals surface area contributed by atoms with Crippen LogP contribution in [0.1, 0.15) is 12.0 Å². The molecule has 0 N–H and O–H groups in total. The first-order chi connectivity index (χ1) is 7.56. The summed E-state index contributed by atoms with van der Waals surface area (Å²) in [4.78, 5) is 9.24. The van der Waals surface area contributed by atoms with Gasteiger partial charge in [0, 0.05) is 5.33 Å². The van der Waals surface area contributed by atoms with Gasteiger partial charge in [-0.05, 0) is 24.1 Å². The van der Waals surface area contributed by atoms with Crippen molar-refractivity contribution >= 4 is 27.7 Å². The molecule has 0 aromatic heterocycles.